The molecule has 0 aliphatic carbocycles. The molecule has 0 radical (unpaired) electrons. The highest BCUT2D eigenvalue weighted by Crippen LogP contribution is 2.30. The quantitative estimate of drug-likeness (QED) is 0.849. The van der Waals surface area contributed by atoms with Crippen molar-refractivity contribution in [2.75, 3.05) is 17.1 Å². The first-order chi connectivity index (χ1) is 9.73. The van der Waals surface area contributed by atoms with Gasteiger partial charge in [-0.1, -0.05) is 17.7 Å². The molecule has 0 unspecified atom stereocenters. The zero-order chi connectivity index (χ0) is 15.8. The van der Waals surface area contributed by atoms with E-state index < -0.39 is 10.0 Å². The van der Waals surface area contributed by atoms with Crippen molar-refractivity contribution in [1.29, 1.82) is 0 Å². The molecule has 0 heterocycles. The lowest BCUT2D eigenvalue weighted by atomic mass is 10.2. The fourth-order valence-electron chi connectivity index (χ4n) is 1.92. The van der Waals surface area contributed by atoms with E-state index in [1.54, 1.807) is 19.1 Å². The number of nitrogen functional groups attached to an aromatic ring is 1. The first kappa shape index (κ1) is 15.5. The maximum absolute atomic E-state index is 12.7. The summed E-state index contributed by atoms with van der Waals surface area (Å²) in [6.45, 7) is 1.62. The maximum atomic E-state index is 12.7. The number of nitrogens with two attached hydrogens (primary N) is 1. The van der Waals surface area contributed by atoms with E-state index in [0.717, 1.165) is 4.31 Å². The van der Waals surface area contributed by atoms with Crippen molar-refractivity contribution in [1.82, 2.24) is 0 Å². The number of phenolic OH excluding ortho intramolecular Hbond substituents is 1. The van der Waals surface area contributed by atoms with Crippen LogP contribution in [0.2, 0.25) is 5.02 Å². The third kappa shape index (κ3) is 2.91. The van der Waals surface area contributed by atoms with E-state index in [1.807, 2.05) is 0 Å². The van der Waals surface area contributed by atoms with Crippen LogP contribution in [-0.2, 0) is 10.0 Å². The van der Waals surface area contributed by atoms with Gasteiger partial charge in [-0.05, 0) is 36.8 Å². The van der Waals surface area contributed by atoms with Crippen LogP contribution in [0.15, 0.2) is 41.3 Å². The minimum Gasteiger partial charge on any atom is -0.508 e. The molecule has 21 heavy (non-hydrogen) atoms. The molecule has 0 fully saturated rings. The van der Waals surface area contributed by atoms with E-state index in [4.69, 9.17) is 17.3 Å². The molecule has 2 rings (SSSR count). The Kier molecular flexibility index (Phi) is 4.02. The lowest BCUT2D eigenvalue weighted by molar-refractivity contribution is 0.475. The van der Waals surface area contributed by atoms with Gasteiger partial charge in [-0.3, -0.25) is 4.31 Å². The van der Waals surface area contributed by atoms with Crippen molar-refractivity contribution >= 4 is 33.0 Å². The molecular weight excluding hydrogens is 312 g/mol. The molecule has 2 aromatic rings. The van der Waals surface area contributed by atoms with Gasteiger partial charge in [0, 0.05) is 23.8 Å². The Morgan fingerprint density at radius 1 is 1.24 bits per heavy atom. The molecule has 7 heteroatoms. The molecule has 3 N–H and O–H groups in total. The topological polar surface area (TPSA) is 83.6 Å². The van der Waals surface area contributed by atoms with Crippen LogP contribution in [0.1, 0.15) is 5.56 Å². The van der Waals surface area contributed by atoms with Crippen molar-refractivity contribution in [3.63, 3.8) is 0 Å². The summed E-state index contributed by atoms with van der Waals surface area (Å²) in [6.07, 6.45) is 0. The number of aromatic hydroxyl groups is 1. The van der Waals surface area contributed by atoms with Crippen LogP contribution >= 0.6 is 11.6 Å². The smallest absolute Gasteiger partial charge is 0.264 e. The van der Waals surface area contributed by atoms with Gasteiger partial charge < -0.3 is 10.8 Å². The molecule has 0 amide bonds. The van der Waals surface area contributed by atoms with E-state index in [9.17, 15) is 13.5 Å². The second kappa shape index (κ2) is 5.46. The summed E-state index contributed by atoms with van der Waals surface area (Å²) in [5, 5.41) is 9.73. The van der Waals surface area contributed by atoms with Crippen LogP contribution in [0.25, 0.3) is 0 Å². The van der Waals surface area contributed by atoms with E-state index in [2.05, 4.69) is 0 Å². The highest BCUT2D eigenvalue weighted by atomic mass is 35.5. The molecule has 0 saturated carbocycles. The summed E-state index contributed by atoms with van der Waals surface area (Å²) in [7, 11) is -2.42. The highest BCUT2D eigenvalue weighted by molar-refractivity contribution is 7.92. The van der Waals surface area contributed by atoms with Crippen molar-refractivity contribution in [2.24, 2.45) is 0 Å². The number of anilines is 2. The fraction of sp³-hybridized carbons (Fsp3) is 0.143. The van der Waals surface area contributed by atoms with Gasteiger partial charge in [0.25, 0.3) is 10.0 Å². The zero-order valence-electron chi connectivity index (χ0n) is 11.5. The van der Waals surface area contributed by atoms with Crippen molar-refractivity contribution in [2.45, 2.75) is 11.8 Å². The van der Waals surface area contributed by atoms with Gasteiger partial charge in [-0.15, -0.1) is 0 Å². The third-order valence-corrected chi connectivity index (χ3v) is 5.33. The Bertz CT molecular complexity index is 791. The van der Waals surface area contributed by atoms with E-state index >= 15 is 0 Å². The first-order valence-corrected chi connectivity index (χ1v) is 7.89. The molecule has 2 aromatic carbocycles. The highest BCUT2D eigenvalue weighted by Gasteiger charge is 2.25. The van der Waals surface area contributed by atoms with E-state index in [0.29, 0.717) is 16.9 Å². The number of benzene rings is 2. The third-order valence-electron chi connectivity index (χ3n) is 3.20. The molecule has 0 spiro atoms. The fourth-order valence-corrected chi connectivity index (χ4v) is 3.68. The Morgan fingerprint density at radius 3 is 2.52 bits per heavy atom. The summed E-state index contributed by atoms with van der Waals surface area (Å²) in [5.41, 5.74) is 6.86. The number of hydrogen-bond donors (Lipinski definition) is 2. The van der Waals surface area contributed by atoms with E-state index in [-0.39, 0.29) is 15.7 Å². The van der Waals surface area contributed by atoms with Crippen LogP contribution in [0.5, 0.6) is 5.75 Å². The number of nitrogens with zero attached hydrogens (tertiary/aromatic N) is 1. The summed E-state index contributed by atoms with van der Waals surface area (Å²) in [6, 6.07) is 8.84. The second-order valence-corrected chi connectivity index (χ2v) is 6.98. The number of sulfonamides is 1. The van der Waals surface area contributed by atoms with Gasteiger partial charge in [0.15, 0.2) is 0 Å². The Labute approximate surface area is 128 Å². The Balaban J connectivity index is 2.57. The van der Waals surface area contributed by atoms with Crippen LogP contribution in [0, 0.1) is 6.92 Å². The average molecular weight is 327 g/mol. The van der Waals surface area contributed by atoms with Crippen LogP contribution in [0.3, 0.4) is 0 Å². The lowest BCUT2D eigenvalue weighted by Crippen LogP contribution is -2.27. The number of phenols is 1. The van der Waals surface area contributed by atoms with Crippen LogP contribution in [-0.4, -0.2) is 20.6 Å². The molecule has 0 saturated heterocycles. The normalized spacial score (nSPS) is 11.4. The standard InChI is InChI=1S/C14H15ClN2O3S/c1-9-13(16)6-10(15)7-14(9)21(19,20)17(2)11-4-3-5-12(18)8-11/h3-8,18H,16H2,1-2H3. The molecular formula is C14H15ClN2O3S. The van der Waals surface area contributed by atoms with Gasteiger partial charge >= 0.3 is 0 Å². The minimum absolute atomic E-state index is 0.0168. The summed E-state index contributed by atoms with van der Waals surface area (Å²) in [5.74, 6) is -0.0168. The molecule has 112 valence electrons. The van der Waals surface area contributed by atoms with E-state index in [1.165, 1.54) is 31.3 Å². The number of halogens is 1. The molecule has 0 atom stereocenters. The second-order valence-electron chi connectivity index (χ2n) is 4.61. The predicted octanol–water partition coefficient (Wildman–Crippen LogP) is 2.76. The SMILES string of the molecule is Cc1c(N)cc(Cl)cc1S(=O)(=O)N(C)c1cccc(O)c1. The van der Waals surface area contributed by atoms with Crippen LogP contribution in [0.4, 0.5) is 11.4 Å². The molecule has 0 aromatic heterocycles. The van der Waals surface area contributed by atoms with Gasteiger partial charge in [0.05, 0.1) is 10.6 Å². The number of hydrogen-bond acceptors (Lipinski definition) is 4. The summed E-state index contributed by atoms with van der Waals surface area (Å²) in [4.78, 5) is 0.0401. The van der Waals surface area contributed by atoms with Gasteiger partial charge in [0.1, 0.15) is 5.75 Å². The lowest BCUT2D eigenvalue weighted by Gasteiger charge is -2.21. The number of rotatable bonds is 3. The summed E-state index contributed by atoms with van der Waals surface area (Å²) < 4.78 is 26.5. The molecule has 5 nitrogen and oxygen atoms in total. The molecule has 0 aliphatic rings. The van der Waals surface area contributed by atoms with Crippen molar-refractivity contribution < 1.29 is 13.5 Å². The predicted molar refractivity (Wildman–Crippen MR) is 84.3 cm³/mol. The maximum Gasteiger partial charge on any atom is 0.264 e. The summed E-state index contributed by atoms with van der Waals surface area (Å²) >= 11 is 5.90. The van der Waals surface area contributed by atoms with Crippen molar-refractivity contribution in [3.8, 4) is 5.75 Å². The molecule has 0 aliphatic heterocycles. The largest absolute Gasteiger partial charge is 0.508 e. The Hall–Kier alpha value is -1.92. The molecule has 0 bridgehead atoms. The monoisotopic (exact) mass is 326 g/mol. The minimum atomic E-state index is -3.83. The van der Waals surface area contributed by atoms with Crippen molar-refractivity contribution in [3.05, 3.63) is 47.0 Å². The van der Waals surface area contributed by atoms with Gasteiger partial charge in [0.2, 0.25) is 0 Å². The van der Waals surface area contributed by atoms with Gasteiger partial charge in [-0.25, -0.2) is 8.42 Å². The average Bonchev–Trinajstić information content (AvgIpc) is 2.41. The zero-order valence-corrected chi connectivity index (χ0v) is 13.1. The first-order valence-electron chi connectivity index (χ1n) is 6.07. The van der Waals surface area contributed by atoms with Gasteiger partial charge in [-0.2, -0.15) is 0 Å². The van der Waals surface area contributed by atoms with Crippen LogP contribution < -0.4 is 10.0 Å². The Morgan fingerprint density at radius 2 is 1.90 bits per heavy atom.